The molecule has 6 N–H and O–H groups in total. The van der Waals surface area contributed by atoms with E-state index >= 15 is 0 Å². The van der Waals surface area contributed by atoms with Gasteiger partial charge in [-0.3, -0.25) is 28.8 Å². The van der Waals surface area contributed by atoms with Crippen LogP contribution in [0, 0.1) is 24.7 Å². The molecule has 0 saturated carbocycles. The first-order valence-electron chi connectivity index (χ1n) is 24.9. The summed E-state index contributed by atoms with van der Waals surface area (Å²) in [6.07, 6.45) is -1.80. The third-order valence-electron chi connectivity index (χ3n) is 13.3. The zero-order chi connectivity index (χ0) is 54.5. The van der Waals surface area contributed by atoms with E-state index in [0.717, 1.165) is 43.4 Å². The van der Waals surface area contributed by atoms with Crippen LogP contribution in [0.2, 0.25) is 0 Å². The van der Waals surface area contributed by atoms with Crippen LogP contribution < -0.4 is 21.3 Å². The summed E-state index contributed by atoms with van der Waals surface area (Å²) < 4.78 is 12.1. The number of aromatic nitrogens is 2. The molecule has 20 heteroatoms. The number of hydrogen-bond acceptors (Lipinski definition) is 14. The van der Waals surface area contributed by atoms with E-state index in [1.807, 2.05) is 62.4 Å². The zero-order valence-corrected chi connectivity index (χ0v) is 46.3. The number of hydrogen-bond donors (Lipinski definition) is 6. The van der Waals surface area contributed by atoms with Crippen molar-refractivity contribution in [3.05, 3.63) is 82.1 Å². The molecule has 0 spiro atoms. The highest BCUT2D eigenvalue weighted by atomic mass is 32.1. The fraction of sp³-hybridized carbons (Fsp3) is 0.556. The quantitative estimate of drug-likeness (QED) is 0.0723. The molecular weight excluding hydrogens is 985 g/mol. The van der Waals surface area contributed by atoms with Gasteiger partial charge in [0.15, 0.2) is 0 Å². The molecule has 402 valence electrons. The number of β-amino-alcohol motifs (C(OH)–C–C–N with tert-alkyl or cyclic N) is 2. The van der Waals surface area contributed by atoms with E-state index < -0.39 is 100 Å². The van der Waals surface area contributed by atoms with Crippen LogP contribution >= 0.6 is 22.7 Å². The van der Waals surface area contributed by atoms with Crippen LogP contribution in [0.3, 0.4) is 0 Å². The maximum absolute atomic E-state index is 14.3. The smallest absolute Gasteiger partial charge is 0.252 e. The van der Waals surface area contributed by atoms with Gasteiger partial charge in [0, 0.05) is 39.0 Å². The maximum atomic E-state index is 14.3. The average molecular weight is 1060 g/mol. The van der Waals surface area contributed by atoms with E-state index in [1.54, 1.807) is 103 Å². The Morgan fingerprint density at radius 1 is 0.635 bits per heavy atom. The number of thiazole rings is 2. The number of nitrogens with zero attached hydrogens (tertiary/aromatic N) is 4. The molecule has 6 amide bonds. The second-order valence-electron chi connectivity index (χ2n) is 22.6. The van der Waals surface area contributed by atoms with E-state index in [-0.39, 0.29) is 45.6 Å². The first-order chi connectivity index (χ1) is 34.5. The predicted molar refractivity (Wildman–Crippen MR) is 283 cm³/mol. The number of ether oxygens (including phenoxy) is 2. The average Bonchev–Trinajstić information content (AvgIpc) is 4.16. The molecule has 2 aromatic carbocycles. The summed E-state index contributed by atoms with van der Waals surface area (Å²) in [5.41, 5.74) is 4.96. The topological polar surface area (TPSA) is 242 Å². The van der Waals surface area contributed by atoms with Crippen LogP contribution in [0.1, 0.15) is 105 Å². The second kappa shape index (κ2) is 23.5. The van der Waals surface area contributed by atoms with Crippen molar-refractivity contribution < 1.29 is 48.5 Å². The van der Waals surface area contributed by atoms with E-state index in [0.29, 0.717) is 0 Å². The number of carbonyl (C=O) groups is 6. The van der Waals surface area contributed by atoms with Crippen molar-refractivity contribution in [2.24, 2.45) is 10.8 Å². The van der Waals surface area contributed by atoms with Gasteiger partial charge in [0.25, 0.3) is 5.91 Å². The predicted octanol–water partition coefficient (Wildman–Crippen LogP) is 5.06. The fourth-order valence-corrected chi connectivity index (χ4v) is 10.4. The minimum atomic E-state index is -1.51. The van der Waals surface area contributed by atoms with Gasteiger partial charge in [0.05, 0.1) is 56.6 Å². The molecule has 2 aliphatic rings. The Morgan fingerprint density at radius 2 is 1.04 bits per heavy atom. The first kappa shape index (κ1) is 57.6. The van der Waals surface area contributed by atoms with Crippen molar-refractivity contribution in [3.8, 4) is 20.9 Å². The molecule has 4 heterocycles. The van der Waals surface area contributed by atoms with Crippen LogP contribution in [0.4, 0.5) is 0 Å². The molecule has 2 aliphatic heterocycles. The first-order valence-corrected chi connectivity index (χ1v) is 26.7. The Kier molecular flexibility index (Phi) is 18.3. The van der Waals surface area contributed by atoms with Crippen molar-refractivity contribution in [2.45, 2.75) is 157 Å². The molecule has 6 rings (SSSR count). The van der Waals surface area contributed by atoms with Crippen LogP contribution in [-0.2, 0) is 51.3 Å². The van der Waals surface area contributed by atoms with Gasteiger partial charge in [-0.25, -0.2) is 9.97 Å². The van der Waals surface area contributed by atoms with Crippen molar-refractivity contribution in [2.75, 3.05) is 26.3 Å². The van der Waals surface area contributed by atoms with Gasteiger partial charge < -0.3 is 50.8 Å². The molecule has 0 radical (unpaired) electrons. The number of carbonyl (C=O) groups excluding carboxylic acids is 6. The number of aliphatic hydroxyl groups is 2. The van der Waals surface area contributed by atoms with E-state index in [4.69, 9.17) is 9.47 Å². The molecule has 0 bridgehead atoms. The number of aliphatic hydroxyl groups excluding tert-OH is 2. The number of rotatable bonds is 19. The molecule has 6 atom stereocenters. The maximum Gasteiger partial charge on any atom is 0.252 e. The highest BCUT2D eigenvalue weighted by Crippen LogP contribution is 2.31. The lowest BCUT2D eigenvalue weighted by Crippen LogP contribution is -2.60. The van der Waals surface area contributed by atoms with Gasteiger partial charge in [-0.2, -0.15) is 0 Å². The Morgan fingerprint density at radius 3 is 1.42 bits per heavy atom. The lowest BCUT2D eigenvalue weighted by molar-refractivity contribution is -0.162. The van der Waals surface area contributed by atoms with Crippen molar-refractivity contribution in [1.29, 1.82) is 0 Å². The van der Waals surface area contributed by atoms with Crippen molar-refractivity contribution in [3.63, 3.8) is 0 Å². The number of benzene rings is 2. The Hall–Kier alpha value is -5.64. The molecule has 18 nitrogen and oxygen atoms in total. The molecule has 4 aromatic rings. The van der Waals surface area contributed by atoms with Gasteiger partial charge in [0.1, 0.15) is 36.4 Å². The number of aryl methyl sites for hydroxylation is 2. The summed E-state index contributed by atoms with van der Waals surface area (Å²) >= 11 is 3.11. The van der Waals surface area contributed by atoms with Gasteiger partial charge >= 0.3 is 0 Å². The fourth-order valence-electron chi connectivity index (χ4n) is 8.79. The van der Waals surface area contributed by atoms with E-state index in [2.05, 4.69) is 31.2 Å². The number of likely N-dealkylation sites (tertiary alicyclic amines) is 2. The van der Waals surface area contributed by atoms with E-state index in [1.165, 1.54) is 9.80 Å². The molecule has 0 unspecified atom stereocenters. The summed E-state index contributed by atoms with van der Waals surface area (Å²) in [6, 6.07) is 11.4. The number of nitrogens with one attached hydrogen (secondary N) is 4. The van der Waals surface area contributed by atoms with Crippen LogP contribution in [0.15, 0.2) is 59.6 Å². The molecule has 2 fully saturated rings. The van der Waals surface area contributed by atoms with Gasteiger partial charge in [-0.15, -0.1) is 22.7 Å². The third-order valence-corrected chi connectivity index (χ3v) is 15.3. The SMILES string of the molecule is Cc1ncsc1-c1ccc(CNC(=O)[C@@H]2C[C@H](O)CN2C(=O)[C@@H](NC(=O)COC(C)(C)COC(C)(C)C(=O)N[C@H](C(=O)N2C[C@@H](O)C[C@H]2C(=O)NCc2ccc(-c3scnc3C)cc2)C(C)(C)C)C(C)(C)C)cc1. The summed E-state index contributed by atoms with van der Waals surface area (Å²) in [4.78, 5) is 96.7. The highest BCUT2D eigenvalue weighted by Gasteiger charge is 2.47. The molecule has 2 saturated heterocycles. The van der Waals surface area contributed by atoms with Gasteiger partial charge in [-0.05, 0) is 74.6 Å². The van der Waals surface area contributed by atoms with Gasteiger partial charge in [-0.1, -0.05) is 90.1 Å². The highest BCUT2D eigenvalue weighted by molar-refractivity contribution is 7.13. The monoisotopic (exact) mass is 1060 g/mol. The Labute approximate surface area is 442 Å². The summed E-state index contributed by atoms with van der Waals surface area (Å²) in [5.74, 6) is -3.11. The molecule has 74 heavy (non-hydrogen) atoms. The zero-order valence-electron chi connectivity index (χ0n) is 44.7. The van der Waals surface area contributed by atoms with Crippen molar-refractivity contribution in [1.82, 2.24) is 41.0 Å². The molecule has 2 aromatic heterocycles. The summed E-state index contributed by atoms with van der Waals surface area (Å²) in [7, 11) is 0. The van der Waals surface area contributed by atoms with Crippen LogP contribution in [0.25, 0.3) is 20.9 Å². The van der Waals surface area contributed by atoms with Gasteiger partial charge in [0.2, 0.25) is 29.5 Å². The largest absolute Gasteiger partial charge is 0.391 e. The second-order valence-corrected chi connectivity index (χ2v) is 24.4. The lowest BCUT2D eigenvalue weighted by Gasteiger charge is -2.38. The van der Waals surface area contributed by atoms with Crippen LogP contribution in [0.5, 0.6) is 0 Å². The minimum absolute atomic E-state index is 0.0365. The Bertz CT molecular complexity index is 2640. The summed E-state index contributed by atoms with van der Waals surface area (Å²) in [5, 5.41) is 32.9. The third kappa shape index (κ3) is 14.6. The Balaban J connectivity index is 1.000. The minimum Gasteiger partial charge on any atom is -0.391 e. The normalized spacial score (nSPS) is 19.2. The van der Waals surface area contributed by atoms with E-state index in [9.17, 15) is 39.0 Å². The number of amides is 6. The van der Waals surface area contributed by atoms with Crippen molar-refractivity contribution >= 4 is 58.1 Å². The molecule has 0 aliphatic carbocycles. The summed E-state index contributed by atoms with van der Waals surface area (Å²) in [6.45, 7) is 20.7. The van der Waals surface area contributed by atoms with Crippen LogP contribution in [-0.4, -0.2) is 139 Å². The lowest BCUT2D eigenvalue weighted by atomic mass is 9.85. The molecular formula is C54H74N8O10S2. The standard InChI is InChI=1S/C54H74N8O10S2/c1-31-42(73-29-57-31)35-17-13-33(14-18-35)23-55-46(66)39-21-37(63)25-61(39)48(68)44(51(3,4)5)59-41(65)27-71-53(9,10)28-72-54(11,12)50(70)60-45(52(6,7)8)49(69)62-26-38(64)22-40(62)47(67)56-24-34-15-19-36(20-16-34)43-32(2)58-30-74-43/h13-20,29-30,37-40,44-45,63-64H,21-28H2,1-12H3,(H,55,66)(H,56,67)(H,59,65)(H,60,70)/t37-,38-,39-,40-,44+,45+/m0/s1.